The van der Waals surface area contributed by atoms with E-state index < -0.39 is 16.7 Å². The second-order valence-corrected chi connectivity index (χ2v) is 7.40. The molecule has 3 rings (SSSR count). The number of amides is 2. The number of para-hydroxylation sites is 1. The van der Waals surface area contributed by atoms with Crippen LogP contribution in [0.15, 0.2) is 53.4 Å². The van der Waals surface area contributed by atoms with Crippen molar-refractivity contribution in [3.63, 3.8) is 0 Å². The van der Waals surface area contributed by atoms with Crippen molar-refractivity contribution in [2.45, 2.75) is 0 Å². The molecule has 10 heteroatoms. The number of nitrogens with zero attached hydrogens (tertiary/aromatic N) is 2. The molecule has 0 saturated carbocycles. The van der Waals surface area contributed by atoms with Crippen LogP contribution in [0.5, 0.6) is 0 Å². The van der Waals surface area contributed by atoms with Crippen LogP contribution in [-0.2, 0) is 4.79 Å². The van der Waals surface area contributed by atoms with Crippen LogP contribution in [0.4, 0.5) is 5.69 Å². The molecule has 2 aromatic rings. The number of nitro groups is 1. The highest BCUT2D eigenvalue weighted by molar-refractivity contribution is 8.26. The molecule has 0 radical (unpaired) electrons. The van der Waals surface area contributed by atoms with E-state index in [-0.39, 0.29) is 15.6 Å². The van der Waals surface area contributed by atoms with E-state index in [1.165, 1.54) is 24.3 Å². The Bertz CT molecular complexity index is 992. The van der Waals surface area contributed by atoms with Crippen molar-refractivity contribution in [3.05, 3.63) is 79.7 Å². The van der Waals surface area contributed by atoms with Gasteiger partial charge < -0.3 is 0 Å². The summed E-state index contributed by atoms with van der Waals surface area (Å²) in [5.41, 5.74) is 2.54. The minimum atomic E-state index is -0.800. The number of thiocarbonyl (C=S) groups is 1. The lowest BCUT2D eigenvalue weighted by molar-refractivity contribution is -0.385. The van der Waals surface area contributed by atoms with Crippen LogP contribution in [0.1, 0.15) is 15.9 Å². The Balaban J connectivity index is 1.81. The zero-order valence-corrected chi connectivity index (χ0v) is 15.8. The van der Waals surface area contributed by atoms with Gasteiger partial charge in [0.2, 0.25) is 0 Å². The number of hydrogen-bond acceptors (Lipinski definition) is 6. The molecule has 1 aliphatic rings. The molecule has 27 heavy (non-hydrogen) atoms. The van der Waals surface area contributed by atoms with Crippen molar-refractivity contribution in [3.8, 4) is 0 Å². The molecule has 0 atom stereocenters. The Morgan fingerprint density at radius 3 is 2.56 bits per heavy atom. The predicted octanol–water partition coefficient (Wildman–Crippen LogP) is 3.79. The van der Waals surface area contributed by atoms with Crippen molar-refractivity contribution in [1.29, 1.82) is 0 Å². The van der Waals surface area contributed by atoms with E-state index in [0.29, 0.717) is 9.93 Å². The summed E-state index contributed by atoms with van der Waals surface area (Å²) < 4.78 is 0.118. The first-order valence-corrected chi connectivity index (χ1v) is 9.05. The Morgan fingerprint density at radius 1 is 1.22 bits per heavy atom. The number of halogens is 1. The van der Waals surface area contributed by atoms with E-state index >= 15 is 0 Å². The number of hydrazine groups is 1. The monoisotopic (exact) mass is 419 g/mol. The van der Waals surface area contributed by atoms with Crippen molar-refractivity contribution < 1.29 is 14.5 Å². The lowest BCUT2D eigenvalue weighted by Crippen LogP contribution is -2.45. The number of rotatable bonds is 4. The third-order valence-corrected chi connectivity index (χ3v) is 5.07. The number of benzene rings is 2. The number of nitrogens with one attached hydrogen (secondary N) is 1. The van der Waals surface area contributed by atoms with Gasteiger partial charge in [0.1, 0.15) is 5.56 Å². The summed E-state index contributed by atoms with van der Waals surface area (Å²) in [6.45, 7) is 0. The molecular weight excluding hydrogens is 410 g/mol. The van der Waals surface area contributed by atoms with Gasteiger partial charge in [0, 0.05) is 11.1 Å². The van der Waals surface area contributed by atoms with Crippen LogP contribution in [0.25, 0.3) is 6.08 Å². The van der Waals surface area contributed by atoms with Gasteiger partial charge in [-0.05, 0) is 42.1 Å². The number of hydrogen-bond donors (Lipinski definition) is 1. The fourth-order valence-corrected chi connectivity index (χ4v) is 3.57. The molecule has 136 valence electrons. The average molecular weight is 420 g/mol. The third kappa shape index (κ3) is 4.16. The molecule has 2 amide bonds. The summed E-state index contributed by atoms with van der Waals surface area (Å²) in [6, 6.07) is 12.3. The van der Waals surface area contributed by atoms with Crippen molar-refractivity contribution in [2.24, 2.45) is 0 Å². The van der Waals surface area contributed by atoms with E-state index in [0.717, 1.165) is 22.3 Å². The molecule has 1 N–H and O–H groups in total. The molecular formula is C17H10ClN3O4S2. The minimum Gasteiger partial charge on any atom is -0.267 e. The Kier molecular flexibility index (Phi) is 5.54. The van der Waals surface area contributed by atoms with Gasteiger partial charge in [-0.1, -0.05) is 47.6 Å². The van der Waals surface area contributed by atoms with E-state index in [1.54, 1.807) is 30.3 Å². The highest BCUT2D eigenvalue weighted by Gasteiger charge is 2.34. The van der Waals surface area contributed by atoms with Gasteiger partial charge >= 0.3 is 0 Å². The summed E-state index contributed by atoms with van der Waals surface area (Å²) in [5, 5.41) is 12.5. The predicted molar refractivity (Wildman–Crippen MR) is 107 cm³/mol. The molecule has 0 aromatic heterocycles. The van der Waals surface area contributed by atoms with Crippen LogP contribution < -0.4 is 5.43 Å². The fraction of sp³-hybridized carbons (Fsp3) is 0. The highest BCUT2D eigenvalue weighted by Crippen LogP contribution is 2.32. The van der Waals surface area contributed by atoms with Gasteiger partial charge in [0.25, 0.3) is 17.5 Å². The largest absolute Gasteiger partial charge is 0.285 e. The van der Waals surface area contributed by atoms with Gasteiger partial charge in [0.05, 0.1) is 9.83 Å². The minimum absolute atomic E-state index is 0.118. The molecule has 0 spiro atoms. The van der Waals surface area contributed by atoms with Crippen LogP contribution in [-0.4, -0.2) is 26.1 Å². The lowest BCUT2D eigenvalue weighted by atomic mass is 10.2. The van der Waals surface area contributed by atoms with Gasteiger partial charge in [0.15, 0.2) is 4.32 Å². The van der Waals surface area contributed by atoms with Crippen molar-refractivity contribution in [2.75, 3.05) is 0 Å². The number of thioether (sulfide) groups is 1. The lowest BCUT2D eigenvalue weighted by Gasteiger charge is -2.15. The van der Waals surface area contributed by atoms with Crippen LogP contribution in [0.2, 0.25) is 5.02 Å². The SMILES string of the molecule is O=C(NN1C(=O)/C(=C\c2ccc(Cl)cc2)SC1=S)c1ccccc1[N+](=O)[O-]. The van der Waals surface area contributed by atoms with Crippen LogP contribution >= 0.6 is 35.6 Å². The molecule has 1 fully saturated rings. The van der Waals surface area contributed by atoms with Crippen LogP contribution in [0, 0.1) is 10.1 Å². The quantitative estimate of drug-likeness (QED) is 0.351. The summed E-state index contributed by atoms with van der Waals surface area (Å²) in [7, 11) is 0. The standard InChI is InChI=1S/C17H10ClN3O4S2/c18-11-7-5-10(6-8-11)9-14-16(23)20(17(26)27-14)19-15(22)12-3-1-2-4-13(12)21(24)25/h1-9H,(H,19,22)/b14-9+. The number of carbonyl (C=O) groups is 2. The average Bonchev–Trinajstić information content (AvgIpc) is 2.91. The van der Waals surface area contributed by atoms with E-state index in [4.69, 9.17) is 23.8 Å². The molecule has 0 bridgehead atoms. The number of carbonyl (C=O) groups excluding carboxylic acids is 2. The summed E-state index contributed by atoms with van der Waals surface area (Å²) >= 11 is 12.0. The maximum atomic E-state index is 12.5. The molecule has 7 nitrogen and oxygen atoms in total. The van der Waals surface area contributed by atoms with E-state index in [1.807, 2.05) is 0 Å². The van der Waals surface area contributed by atoms with Crippen LogP contribution in [0.3, 0.4) is 0 Å². The zero-order valence-electron chi connectivity index (χ0n) is 13.4. The second-order valence-electron chi connectivity index (χ2n) is 5.28. The summed E-state index contributed by atoms with van der Waals surface area (Å²) in [4.78, 5) is 35.7. The Labute approximate surface area is 168 Å². The van der Waals surface area contributed by atoms with E-state index in [2.05, 4.69) is 5.43 Å². The highest BCUT2D eigenvalue weighted by atomic mass is 35.5. The maximum Gasteiger partial charge on any atom is 0.285 e. The second kappa shape index (κ2) is 7.87. The number of nitro benzene ring substituents is 1. The zero-order chi connectivity index (χ0) is 19.6. The molecule has 1 heterocycles. The maximum absolute atomic E-state index is 12.5. The first-order chi connectivity index (χ1) is 12.9. The first-order valence-electron chi connectivity index (χ1n) is 7.45. The Hall–Kier alpha value is -2.75. The van der Waals surface area contributed by atoms with Gasteiger partial charge in [-0.3, -0.25) is 25.1 Å². The first kappa shape index (κ1) is 19.0. The topological polar surface area (TPSA) is 92.6 Å². The molecule has 2 aromatic carbocycles. The third-order valence-electron chi connectivity index (χ3n) is 3.52. The van der Waals surface area contributed by atoms with Crippen molar-refractivity contribution >= 4 is 63.5 Å². The molecule has 0 aliphatic carbocycles. The van der Waals surface area contributed by atoms with Crippen molar-refractivity contribution in [1.82, 2.24) is 10.4 Å². The van der Waals surface area contributed by atoms with Gasteiger partial charge in [-0.2, -0.15) is 5.01 Å². The van der Waals surface area contributed by atoms with E-state index in [9.17, 15) is 19.7 Å². The molecule has 1 aliphatic heterocycles. The molecule has 0 unspecified atom stereocenters. The summed E-state index contributed by atoms with van der Waals surface area (Å²) in [6.07, 6.45) is 1.62. The smallest absolute Gasteiger partial charge is 0.267 e. The fourth-order valence-electron chi connectivity index (χ4n) is 2.26. The summed E-state index contributed by atoms with van der Waals surface area (Å²) in [5.74, 6) is -1.32. The van der Waals surface area contributed by atoms with Gasteiger partial charge in [-0.15, -0.1) is 0 Å². The van der Waals surface area contributed by atoms with Gasteiger partial charge in [-0.25, -0.2) is 0 Å². The molecule has 1 saturated heterocycles. The normalized spacial score (nSPS) is 15.3. The Morgan fingerprint density at radius 2 is 1.89 bits per heavy atom.